The average Bonchev–Trinajstić information content (AvgIpc) is 2.47. The second-order valence-electron chi connectivity index (χ2n) is 4.61. The summed E-state index contributed by atoms with van der Waals surface area (Å²) in [6.07, 6.45) is 4.17. The van der Waals surface area contributed by atoms with Crippen molar-refractivity contribution in [2.45, 2.75) is 19.4 Å². The Morgan fingerprint density at radius 2 is 2.11 bits per heavy atom. The highest BCUT2D eigenvalue weighted by Crippen LogP contribution is 2.32. The maximum Gasteiger partial charge on any atom is 0.133 e. The predicted molar refractivity (Wildman–Crippen MR) is 73.9 cm³/mol. The van der Waals surface area contributed by atoms with Crippen LogP contribution in [-0.2, 0) is 13.0 Å². The minimum atomic E-state index is 0.561. The van der Waals surface area contributed by atoms with Gasteiger partial charge in [-0.25, -0.2) is 4.98 Å². The molecule has 2 N–H and O–H groups in total. The van der Waals surface area contributed by atoms with E-state index in [2.05, 4.69) is 40.2 Å². The van der Waals surface area contributed by atoms with Crippen LogP contribution in [0.1, 0.15) is 17.5 Å². The van der Waals surface area contributed by atoms with E-state index in [1.54, 1.807) is 0 Å². The van der Waals surface area contributed by atoms with E-state index in [4.69, 9.17) is 5.73 Å². The number of hydrogen-bond acceptors (Lipinski definition) is 3. The molecule has 0 bridgehead atoms. The number of para-hydroxylation sites is 1. The van der Waals surface area contributed by atoms with Gasteiger partial charge in [0.25, 0.3) is 0 Å². The normalized spacial score (nSPS) is 14.4. The number of benzene rings is 1. The molecule has 92 valence electrons. The summed E-state index contributed by atoms with van der Waals surface area (Å²) in [7, 11) is 0. The predicted octanol–water partition coefficient (Wildman–Crippen LogP) is 2.62. The largest absolute Gasteiger partial charge is 0.326 e. The van der Waals surface area contributed by atoms with E-state index in [9.17, 15) is 0 Å². The van der Waals surface area contributed by atoms with Gasteiger partial charge in [0.2, 0.25) is 0 Å². The minimum Gasteiger partial charge on any atom is -0.326 e. The Balaban J connectivity index is 2.02. The molecule has 3 heteroatoms. The van der Waals surface area contributed by atoms with Gasteiger partial charge < -0.3 is 10.6 Å². The molecule has 2 heterocycles. The Labute approximate surface area is 107 Å². The molecule has 18 heavy (non-hydrogen) atoms. The lowest BCUT2D eigenvalue weighted by atomic mass is 10.0. The minimum absolute atomic E-state index is 0.561. The van der Waals surface area contributed by atoms with Crippen LogP contribution in [0.3, 0.4) is 0 Å². The van der Waals surface area contributed by atoms with Crippen molar-refractivity contribution >= 4 is 11.5 Å². The molecule has 0 saturated carbocycles. The molecule has 0 aliphatic carbocycles. The van der Waals surface area contributed by atoms with Crippen LogP contribution in [0.2, 0.25) is 0 Å². The summed E-state index contributed by atoms with van der Waals surface area (Å²) in [5, 5.41) is 0. The van der Waals surface area contributed by atoms with E-state index in [1.165, 1.54) is 17.7 Å². The van der Waals surface area contributed by atoms with Gasteiger partial charge in [0.1, 0.15) is 5.82 Å². The standard InChI is InChI=1S/C15H17N3/c16-11-12-7-8-17-15(10-12)18-9-3-5-13-4-1-2-6-14(13)18/h1-2,4,6-8,10H,3,5,9,11,16H2. The summed E-state index contributed by atoms with van der Waals surface area (Å²) in [5.41, 5.74) is 9.51. The van der Waals surface area contributed by atoms with E-state index in [0.717, 1.165) is 24.3 Å². The Kier molecular flexibility index (Phi) is 2.99. The Hall–Kier alpha value is -1.87. The molecule has 1 aliphatic rings. The third-order valence-corrected chi connectivity index (χ3v) is 3.43. The van der Waals surface area contributed by atoms with Gasteiger partial charge in [0, 0.05) is 25.0 Å². The fourth-order valence-corrected chi connectivity index (χ4v) is 2.51. The Morgan fingerprint density at radius 1 is 1.22 bits per heavy atom. The topological polar surface area (TPSA) is 42.1 Å². The third-order valence-electron chi connectivity index (χ3n) is 3.43. The van der Waals surface area contributed by atoms with Gasteiger partial charge >= 0.3 is 0 Å². The molecule has 0 atom stereocenters. The number of hydrogen-bond donors (Lipinski definition) is 1. The monoisotopic (exact) mass is 239 g/mol. The summed E-state index contributed by atoms with van der Waals surface area (Å²) in [6, 6.07) is 12.6. The maximum absolute atomic E-state index is 5.70. The molecule has 0 spiro atoms. The molecule has 0 amide bonds. The molecule has 0 fully saturated rings. The second-order valence-corrected chi connectivity index (χ2v) is 4.61. The molecule has 3 rings (SSSR count). The number of anilines is 2. The van der Waals surface area contributed by atoms with Crippen LogP contribution in [-0.4, -0.2) is 11.5 Å². The summed E-state index contributed by atoms with van der Waals surface area (Å²) in [4.78, 5) is 6.77. The number of nitrogens with zero attached hydrogens (tertiary/aromatic N) is 2. The molecule has 2 aromatic rings. The number of aromatic nitrogens is 1. The third kappa shape index (κ3) is 1.97. The highest BCUT2D eigenvalue weighted by molar-refractivity contribution is 5.65. The number of fused-ring (bicyclic) bond motifs is 1. The zero-order valence-electron chi connectivity index (χ0n) is 10.3. The molecule has 0 radical (unpaired) electrons. The fraction of sp³-hybridized carbons (Fsp3) is 0.267. The van der Waals surface area contributed by atoms with E-state index in [1.807, 2.05) is 12.3 Å². The molecule has 1 aliphatic heterocycles. The Bertz CT molecular complexity index is 551. The maximum atomic E-state index is 5.70. The second kappa shape index (κ2) is 4.78. The lowest BCUT2D eigenvalue weighted by Crippen LogP contribution is -2.25. The number of aryl methyl sites for hydroxylation is 1. The lowest BCUT2D eigenvalue weighted by Gasteiger charge is -2.30. The van der Waals surface area contributed by atoms with Crippen molar-refractivity contribution in [2.24, 2.45) is 5.73 Å². The molecular formula is C15H17N3. The first-order valence-electron chi connectivity index (χ1n) is 6.39. The van der Waals surface area contributed by atoms with E-state index in [0.29, 0.717) is 6.54 Å². The zero-order valence-corrected chi connectivity index (χ0v) is 10.3. The van der Waals surface area contributed by atoms with Gasteiger partial charge in [0.15, 0.2) is 0 Å². The van der Waals surface area contributed by atoms with Crippen molar-refractivity contribution in [3.63, 3.8) is 0 Å². The summed E-state index contributed by atoms with van der Waals surface area (Å²) in [6.45, 7) is 1.59. The van der Waals surface area contributed by atoms with Crippen LogP contribution >= 0.6 is 0 Å². The van der Waals surface area contributed by atoms with E-state index < -0.39 is 0 Å². The number of nitrogens with two attached hydrogens (primary N) is 1. The lowest BCUT2D eigenvalue weighted by molar-refractivity contribution is 0.759. The van der Waals surface area contributed by atoms with Gasteiger partial charge in [-0.05, 0) is 42.2 Å². The van der Waals surface area contributed by atoms with Crippen molar-refractivity contribution in [1.29, 1.82) is 0 Å². The molecule has 3 nitrogen and oxygen atoms in total. The van der Waals surface area contributed by atoms with Crippen molar-refractivity contribution in [3.05, 3.63) is 53.7 Å². The average molecular weight is 239 g/mol. The molecule has 1 aromatic heterocycles. The molecule has 0 unspecified atom stereocenters. The van der Waals surface area contributed by atoms with Crippen LogP contribution < -0.4 is 10.6 Å². The summed E-state index contributed by atoms with van der Waals surface area (Å²) < 4.78 is 0. The van der Waals surface area contributed by atoms with Crippen molar-refractivity contribution < 1.29 is 0 Å². The van der Waals surface area contributed by atoms with Crippen molar-refractivity contribution in [3.8, 4) is 0 Å². The van der Waals surface area contributed by atoms with Crippen LogP contribution in [0, 0.1) is 0 Å². The van der Waals surface area contributed by atoms with Crippen molar-refractivity contribution in [1.82, 2.24) is 4.98 Å². The summed E-state index contributed by atoms with van der Waals surface area (Å²) >= 11 is 0. The number of pyridine rings is 1. The summed E-state index contributed by atoms with van der Waals surface area (Å²) in [5.74, 6) is 1.00. The van der Waals surface area contributed by atoms with Gasteiger partial charge in [-0.2, -0.15) is 0 Å². The number of rotatable bonds is 2. The first-order valence-corrected chi connectivity index (χ1v) is 6.39. The van der Waals surface area contributed by atoms with Gasteiger partial charge in [0.05, 0.1) is 0 Å². The van der Waals surface area contributed by atoms with Crippen LogP contribution in [0.25, 0.3) is 0 Å². The van der Waals surface area contributed by atoms with Crippen LogP contribution in [0.4, 0.5) is 11.5 Å². The van der Waals surface area contributed by atoms with Crippen LogP contribution in [0.5, 0.6) is 0 Å². The Morgan fingerprint density at radius 3 is 3.00 bits per heavy atom. The fourth-order valence-electron chi connectivity index (χ4n) is 2.51. The molecule has 0 saturated heterocycles. The first-order chi connectivity index (χ1) is 8.88. The highest BCUT2D eigenvalue weighted by Gasteiger charge is 2.18. The molecular weight excluding hydrogens is 222 g/mol. The van der Waals surface area contributed by atoms with E-state index in [-0.39, 0.29) is 0 Å². The van der Waals surface area contributed by atoms with Gasteiger partial charge in [-0.3, -0.25) is 0 Å². The highest BCUT2D eigenvalue weighted by atomic mass is 15.2. The SMILES string of the molecule is NCc1ccnc(N2CCCc3ccccc32)c1. The van der Waals surface area contributed by atoms with Crippen LogP contribution in [0.15, 0.2) is 42.6 Å². The quantitative estimate of drug-likeness (QED) is 0.876. The first kappa shape index (κ1) is 11.2. The zero-order chi connectivity index (χ0) is 12.4. The van der Waals surface area contributed by atoms with E-state index >= 15 is 0 Å². The van der Waals surface area contributed by atoms with Gasteiger partial charge in [-0.15, -0.1) is 0 Å². The smallest absolute Gasteiger partial charge is 0.133 e. The molecule has 1 aromatic carbocycles. The van der Waals surface area contributed by atoms with Crippen molar-refractivity contribution in [2.75, 3.05) is 11.4 Å². The van der Waals surface area contributed by atoms with Gasteiger partial charge in [-0.1, -0.05) is 18.2 Å².